The number of benzene rings is 2. The number of hydrogen-bond acceptors (Lipinski definition) is 3. The maximum absolute atomic E-state index is 10.8. The van der Waals surface area contributed by atoms with Crippen molar-refractivity contribution in [1.29, 1.82) is 0 Å². The van der Waals surface area contributed by atoms with Crippen molar-refractivity contribution in [3.63, 3.8) is 0 Å². The molecule has 0 bridgehead atoms. The molecule has 0 atom stereocenters. The van der Waals surface area contributed by atoms with Gasteiger partial charge in [-0.1, -0.05) is 23.7 Å². The summed E-state index contributed by atoms with van der Waals surface area (Å²) in [6.45, 7) is 1.88. The number of halogens is 1. The van der Waals surface area contributed by atoms with Crippen LogP contribution in [0, 0.1) is 0 Å². The van der Waals surface area contributed by atoms with Crippen LogP contribution in [-0.4, -0.2) is 8.42 Å². The van der Waals surface area contributed by atoms with Gasteiger partial charge >= 0.3 is 0 Å². The van der Waals surface area contributed by atoms with Gasteiger partial charge in [0.05, 0.1) is 5.69 Å². The Morgan fingerprint density at radius 3 is 2.52 bits per heavy atom. The lowest BCUT2D eigenvalue weighted by molar-refractivity contribution is 0.438. The Labute approximate surface area is 141 Å². The minimum atomic E-state index is -2.71. The summed E-state index contributed by atoms with van der Waals surface area (Å²) < 4.78 is 29.8. The Bertz CT molecular complexity index is 875. The molecule has 4 nitrogen and oxygen atoms in total. The molecule has 0 radical (unpaired) electrons. The first-order chi connectivity index (χ1) is 11.1. The molecule has 0 saturated heterocycles. The number of ether oxygens (including phenoxy) is 1. The lowest BCUT2D eigenvalue weighted by Crippen LogP contribution is -2.05. The maximum atomic E-state index is 10.8. The van der Waals surface area contributed by atoms with E-state index in [4.69, 9.17) is 16.3 Å². The lowest BCUT2D eigenvalue weighted by Gasteiger charge is -2.21. The summed E-state index contributed by atoms with van der Waals surface area (Å²) in [7, 11) is -2.71. The first-order valence-electron chi connectivity index (χ1n) is 6.94. The molecule has 0 spiro atoms. The van der Waals surface area contributed by atoms with Crippen LogP contribution >= 0.6 is 11.6 Å². The molecule has 1 heterocycles. The van der Waals surface area contributed by atoms with Crippen LogP contribution in [0.3, 0.4) is 0 Å². The second kappa shape index (κ2) is 6.48. The molecule has 2 aromatic rings. The Kier molecular flexibility index (Phi) is 4.41. The van der Waals surface area contributed by atoms with Crippen LogP contribution in [0.1, 0.15) is 18.1 Å². The van der Waals surface area contributed by atoms with Crippen molar-refractivity contribution in [2.45, 2.75) is 6.92 Å². The average Bonchev–Trinajstić information content (AvgIpc) is 2.53. The minimum Gasteiger partial charge on any atom is -0.457 e. The van der Waals surface area contributed by atoms with Gasteiger partial charge in [0.1, 0.15) is 11.5 Å². The fourth-order valence-electron chi connectivity index (χ4n) is 2.39. The van der Waals surface area contributed by atoms with Gasteiger partial charge in [0, 0.05) is 16.7 Å². The van der Waals surface area contributed by atoms with E-state index >= 15 is 0 Å². The summed E-state index contributed by atoms with van der Waals surface area (Å²) in [4.78, 5) is 0. The third-order valence-electron chi connectivity index (χ3n) is 3.45. The highest BCUT2D eigenvalue weighted by molar-refractivity contribution is 7.73. The predicted octanol–water partition coefficient (Wildman–Crippen LogP) is 4.01. The Balaban J connectivity index is 2.10. The van der Waals surface area contributed by atoms with Gasteiger partial charge in [-0.15, -0.1) is 0 Å². The van der Waals surface area contributed by atoms with Crippen molar-refractivity contribution in [2.24, 2.45) is 0 Å². The SMILES string of the molecule is C/C=C1/C=C(c2ccc(Cl)cc2)c2ccc(N[SH](=O)=O)cc2O1. The molecule has 0 amide bonds. The second-order valence-electron chi connectivity index (χ2n) is 4.94. The number of hydrogen-bond donors (Lipinski definition) is 2. The first-order valence-corrected chi connectivity index (χ1v) is 8.49. The van der Waals surface area contributed by atoms with E-state index in [-0.39, 0.29) is 0 Å². The standard InChI is InChI=1S/C17H14ClNO3S/c1-2-14-10-16(11-3-5-12(18)6-4-11)15-8-7-13(19-23(20)21)9-17(15)22-14/h2-10,23H,1H3,(H,19,20,21)/b14-2-. The Morgan fingerprint density at radius 1 is 1.13 bits per heavy atom. The molecule has 0 unspecified atom stereocenters. The van der Waals surface area contributed by atoms with E-state index in [1.54, 1.807) is 12.1 Å². The molecular formula is C17H14ClNO3S. The summed E-state index contributed by atoms with van der Waals surface area (Å²) in [5, 5.41) is 0.673. The zero-order valence-electron chi connectivity index (χ0n) is 12.2. The van der Waals surface area contributed by atoms with Crippen LogP contribution in [-0.2, 0) is 10.9 Å². The maximum Gasteiger partial charge on any atom is 0.222 e. The monoisotopic (exact) mass is 347 g/mol. The minimum absolute atomic E-state index is 0.465. The quantitative estimate of drug-likeness (QED) is 0.825. The molecule has 0 fully saturated rings. The van der Waals surface area contributed by atoms with Gasteiger partial charge in [-0.25, -0.2) is 8.42 Å². The van der Waals surface area contributed by atoms with Gasteiger partial charge in [0.25, 0.3) is 0 Å². The highest BCUT2D eigenvalue weighted by Gasteiger charge is 2.18. The highest BCUT2D eigenvalue weighted by Crippen LogP contribution is 2.38. The molecule has 0 saturated carbocycles. The second-order valence-corrected chi connectivity index (χ2v) is 6.11. The van der Waals surface area contributed by atoms with Crippen molar-refractivity contribution in [1.82, 2.24) is 0 Å². The van der Waals surface area contributed by atoms with E-state index in [9.17, 15) is 8.42 Å². The summed E-state index contributed by atoms with van der Waals surface area (Å²) in [5.74, 6) is 1.30. The number of allylic oxidation sites excluding steroid dienone is 2. The third kappa shape index (κ3) is 3.41. The first kappa shape index (κ1) is 15.6. The van der Waals surface area contributed by atoms with Crippen LogP contribution < -0.4 is 9.46 Å². The molecule has 1 aliphatic rings. The fraction of sp³-hybridized carbons (Fsp3) is 0.0588. The molecule has 1 aliphatic heterocycles. The summed E-state index contributed by atoms with van der Waals surface area (Å²) >= 11 is 5.95. The zero-order chi connectivity index (χ0) is 16.4. The van der Waals surface area contributed by atoms with Crippen molar-refractivity contribution in [3.05, 3.63) is 76.5 Å². The molecule has 2 aromatic carbocycles. The molecule has 3 rings (SSSR count). The van der Waals surface area contributed by atoms with Crippen LogP contribution in [0.2, 0.25) is 5.02 Å². The normalized spacial score (nSPS) is 15.1. The molecule has 118 valence electrons. The van der Waals surface area contributed by atoms with Gasteiger partial charge in [-0.05, 0) is 54.5 Å². The van der Waals surface area contributed by atoms with Crippen molar-refractivity contribution in [2.75, 3.05) is 4.72 Å². The summed E-state index contributed by atoms with van der Waals surface area (Å²) in [6, 6.07) is 12.8. The van der Waals surface area contributed by atoms with Crippen LogP contribution in [0.25, 0.3) is 5.57 Å². The molecule has 0 aliphatic carbocycles. The van der Waals surface area contributed by atoms with E-state index in [1.807, 2.05) is 49.4 Å². The highest BCUT2D eigenvalue weighted by atomic mass is 35.5. The van der Waals surface area contributed by atoms with Crippen molar-refractivity contribution < 1.29 is 13.2 Å². The summed E-state index contributed by atoms with van der Waals surface area (Å²) in [5.41, 5.74) is 3.36. The predicted molar refractivity (Wildman–Crippen MR) is 93.3 cm³/mol. The zero-order valence-corrected chi connectivity index (χ0v) is 13.9. The number of rotatable bonds is 3. The van der Waals surface area contributed by atoms with E-state index in [0.29, 0.717) is 22.2 Å². The third-order valence-corrected chi connectivity index (χ3v) is 4.14. The van der Waals surface area contributed by atoms with Gasteiger partial charge in [0.2, 0.25) is 10.9 Å². The average molecular weight is 348 g/mol. The topological polar surface area (TPSA) is 55.4 Å². The Morgan fingerprint density at radius 2 is 1.87 bits per heavy atom. The van der Waals surface area contributed by atoms with Gasteiger partial charge < -0.3 is 4.74 Å². The number of anilines is 1. The van der Waals surface area contributed by atoms with E-state index < -0.39 is 10.9 Å². The number of nitrogens with one attached hydrogen (secondary N) is 1. The molecule has 6 heteroatoms. The van der Waals surface area contributed by atoms with Gasteiger partial charge in [0.15, 0.2) is 0 Å². The van der Waals surface area contributed by atoms with Gasteiger partial charge in [-0.3, -0.25) is 4.72 Å². The number of fused-ring (bicyclic) bond motifs is 1. The van der Waals surface area contributed by atoms with Gasteiger partial charge in [-0.2, -0.15) is 0 Å². The van der Waals surface area contributed by atoms with Crippen LogP contribution in [0.15, 0.2) is 60.4 Å². The smallest absolute Gasteiger partial charge is 0.222 e. The molecule has 1 N–H and O–H groups in total. The Hall–Kier alpha value is -2.24. The van der Waals surface area contributed by atoms with Crippen molar-refractivity contribution >= 4 is 33.8 Å². The largest absolute Gasteiger partial charge is 0.457 e. The molecular weight excluding hydrogens is 334 g/mol. The van der Waals surface area contributed by atoms with Crippen LogP contribution in [0.5, 0.6) is 5.75 Å². The molecule has 23 heavy (non-hydrogen) atoms. The lowest BCUT2D eigenvalue weighted by atomic mass is 9.94. The van der Waals surface area contributed by atoms with E-state index in [0.717, 1.165) is 16.7 Å². The number of thiol groups is 1. The fourth-order valence-corrected chi connectivity index (χ4v) is 2.87. The summed E-state index contributed by atoms with van der Waals surface area (Å²) in [6.07, 6.45) is 3.81. The molecule has 0 aromatic heterocycles. The van der Waals surface area contributed by atoms with Crippen LogP contribution in [0.4, 0.5) is 5.69 Å². The van der Waals surface area contributed by atoms with E-state index in [2.05, 4.69) is 4.72 Å². The van der Waals surface area contributed by atoms with Crippen molar-refractivity contribution in [3.8, 4) is 5.75 Å². The van der Waals surface area contributed by atoms with E-state index in [1.165, 1.54) is 0 Å².